The Labute approximate surface area is 142 Å². The number of hydrogen-bond donors (Lipinski definition) is 1. The summed E-state index contributed by atoms with van der Waals surface area (Å²) < 4.78 is 0. The van der Waals surface area contributed by atoms with Gasteiger partial charge in [0.15, 0.2) is 0 Å². The van der Waals surface area contributed by atoms with Crippen LogP contribution in [0.25, 0.3) is 0 Å². The highest BCUT2D eigenvalue weighted by atomic mass is 16.3. The van der Waals surface area contributed by atoms with Crippen molar-refractivity contribution >= 4 is 0 Å². The van der Waals surface area contributed by atoms with Crippen LogP contribution in [0.4, 0.5) is 0 Å². The van der Waals surface area contributed by atoms with Crippen LogP contribution in [0.3, 0.4) is 0 Å². The molecule has 1 aromatic rings. The normalized spacial score (nSPS) is 20.1. The average molecular weight is 319 g/mol. The first-order valence-electron chi connectivity index (χ1n) is 9.04. The van der Waals surface area contributed by atoms with Gasteiger partial charge in [0.2, 0.25) is 0 Å². The summed E-state index contributed by atoms with van der Waals surface area (Å²) in [4.78, 5) is 5.04. The summed E-state index contributed by atoms with van der Waals surface area (Å²) in [6.07, 6.45) is 3.74. The zero-order valence-corrected chi connectivity index (χ0v) is 15.2. The third-order valence-electron chi connectivity index (χ3n) is 4.88. The Balaban J connectivity index is 1.93. The summed E-state index contributed by atoms with van der Waals surface area (Å²) in [7, 11) is 2.23. The number of hydrogen-bond acceptors (Lipinski definition) is 3. The van der Waals surface area contributed by atoms with Crippen LogP contribution < -0.4 is 0 Å². The Hall–Kier alpha value is -0.900. The fraction of sp³-hybridized carbons (Fsp3) is 0.700. The number of rotatable bonds is 8. The number of aliphatic hydroxyl groups excluding tert-OH is 1. The second kappa shape index (κ2) is 8.81. The molecule has 0 unspecified atom stereocenters. The lowest BCUT2D eigenvalue weighted by Gasteiger charge is -2.37. The fourth-order valence-electron chi connectivity index (χ4n) is 3.61. The van der Waals surface area contributed by atoms with Crippen LogP contribution in [0.15, 0.2) is 30.3 Å². The second-order valence-corrected chi connectivity index (χ2v) is 8.06. The average Bonchev–Trinajstić information content (AvgIpc) is 2.53. The van der Waals surface area contributed by atoms with E-state index in [1.165, 1.54) is 31.5 Å². The van der Waals surface area contributed by atoms with E-state index in [0.717, 1.165) is 32.0 Å². The molecule has 1 aromatic carbocycles. The van der Waals surface area contributed by atoms with Crippen LogP contribution in [-0.4, -0.2) is 61.3 Å². The lowest BCUT2D eigenvalue weighted by molar-refractivity contribution is 0.0815. The molecule has 0 bridgehead atoms. The van der Waals surface area contributed by atoms with E-state index in [0.29, 0.717) is 0 Å². The Bertz CT molecular complexity index is 446. The molecule has 0 aromatic heterocycles. The Morgan fingerprint density at radius 3 is 2.65 bits per heavy atom. The molecule has 23 heavy (non-hydrogen) atoms. The molecule has 1 saturated heterocycles. The smallest absolute Gasteiger partial charge is 0.0494 e. The number of nitrogens with zero attached hydrogens (tertiary/aromatic N) is 2. The van der Waals surface area contributed by atoms with Crippen LogP contribution in [0, 0.1) is 11.3 Å². The molecule has 3 nitrogen and oxygen atoms in total. The van der Waals surface area contributed by atoms with Crippen molar-refractivity contribution in [2.45, 2.75) is 33.1 Å². The van der Waals surface area contributed by atoms with E-state index in [1.807, 2.05) is 0 Å². The van der Waals surface area contributed by atoms with Crippen molar-refractivity contribution in [1.29, 1.82) is 0 Å². The van der Waals surface area contributed by atoms with E-state index in [-0.39, 0.29) is 12.0 Å². The van der Waals surface area contributed by atoms with Crippen molar-refractivity contribution in [1.82, 2.24) is 9.80 Å². The predicted octanol–water partition coefficient (Wildman–Crippen LogP) is 2.89. The summed E-state index contributed by atoms with van der Waals surface area (Å²) in [6.45, 7) is 10.2. The molecule has 1 aliphatic rings. The summed E-state index contributed by atoms with van der Waals surface area (Å²) in [5.41, 5.74) is 1.37. The molecule has 2 rings (SSSR count). The Kier molecular flexibility index (Phi) is 7.07. The molecule has 0 aliphatic carbocycles. The quantitative estimate of drug-likeness (QED) is 0.798. The minimum absolute atomic E-state index is 0.0305. The van der Waals surface area contributed by atoms with E-state index in [4.69, 9.17) is 0 Å². The number of likely N-dealkylation sites (tertiary alicyclic amines) is 1. The van der Waals surface area contributed by atoms with Gasteiger partial charge in [0.25, 0.3) is 0 Å². The van der Waals surface area contributed by atoms with Gasteiger partial charge in [-0.05, 0) is 44.3 Å². The molecule has 0 saturated carbocycles. The first kappa shape index (κ1) is 18.4. The molecule has 130 valence electrons. The molecular formula is C20H34N2O. The maximum absolute atomic E-state index is 9.64. The summed E-state index contributed by atoms with van der Waals surface area (Å²) in [5, 5.41) is 9.64. The van der Waals surface area contributed by atoms with E-state index >= 15 is 0 Å². The topological polar surface area (TPSA) is 26.7 Å². The highest BCUT2D eigenvalue weighted by molar-refractivity contribution is 5.14. The van der Waals surface area contributed by atoms with E-state index in [1.54, 1.807) is 0 Å². The van der Waals surface area contributed by atoms with Gasteiger partial charge in [0.1, 0.15) is 0 Å². The standard InChI is InChI=1S/C20H34N2O/c1-20(2,17-23)16-22(13-11-18-8-5-4-6-9-18)15-19-10-7-12-21(3)14-19/h4-6,8-9,19,23H,7,10-17H2,1-3H3/t19-/m1/s1. The zero-order valence-electron chi connectivity index (χ0n) is 15.2. The van der Waals surface area contributed by atoms with Gasteiger partial charge in [-0.2, -0.15) is 0 Å². The molecule has 0 amide bonds. The first-order valence-corrected chi connectivity index (χ1v) is 9.04. The van der Waals surface area contributed by atoms with Crippen LogP contribution >= 0.6 is 0 Å². The van der Waals surface area contributed by atoms with Crippen molar-refractivity contribution in [2.75, 3.05) is 46.4 Å². The van der Waals surface area contributed by atoms with E-state index in [2.05, 4.69) is 61.0 Å². The highest BCUT2D eigenvalue weighted by Gasteiger charge is 2.25. The minimum Gasteiger partial charge on any atom is -0.396 e. The predicted molar refractivity (Wildman–Crippen MR) is 97.7 cm³/mol. The van der Waals surface area contributed by atoms with E-state index in [9.17, 15) is 5.11 Å². The number of aliphatic hydroxyl groups is 1. The van der Waals surface area contributed by atoms with Crippen molar-refractivity contribution < 1.29 is 5.11 Å². The number of benzene rings is 1. The Morgan fingerprint density at radius 1 is 1.26 bits per heavy atom. The fourth-order valence-corrected chi connectivity index (χ4v) is 3.61. The maximum Gasteiger partial charge on any atom is 0.0494 e. The molecule has 1 fully saturated rings. The van der Waals surface area contributed by atoms with E-state index < -0.39 is 0 Å². The van der Waals surface area contributed by atoms with Gasteiger partial charge in [0.05, 0.1) is 0 Å². The summed E-state index contributed by atoms with van der Waals surface area (Å²) in [6, 6.07) is 10.7. The highest BCUT2D eigenvalue weighted by Crippen LogP contribution is 2.21. The van der Waals surface area contributed by atoms with Gasteiger partial charge in [-0.25, -0.2) is 0 Å². The van der Waals surface area contributed by atoms with Crippen LogP contribution in [0.2, 0.25) is 0 Å². The van der Waals surface area contributed by atoms with Crippen molar-refractivity contribution in [3.8, 4) is 0 Å². The summed E-state index contributed by atoms with van der Waals surface area (Å²) in [5.74, 6) is 0.763. The lowest BCUT2D eigenvalue weighted by Crippen LogP contribution is -2.44. The lowest BCUT2D eigenvalue weighted by atomic mass is 9.92. The van der Waals surface area contributed by atoms with Crippen molar-refractivity contribution in [2.24, 2.45) is 11.3 Å². The van der Waals surface area contributed by atoms with Gasteiger partial charge in [0, 0.05) is 38.2 Å². The molecule has 3 heteroatoms. The van der Waals surface area contributed by atoms with Crippen molar-refractivity contribution in [3.05, 3.63) is 35.9 Å². The van der Waals surface area contributed by atoms with Gasteiger partial charge < -0.3 is 14.9 Å². The van der Waals surface area contributed by atoms with Gasteiger partial charge >= 0.3 is 0 Å². The largest absolute Gasteiger partial charge is 0.396 e. The summed E-state index contributed by atoms with van der Waals surface area (Å²) >= 11 is 0. The minimum atomic E-state index is -0.0305. The second-order valence-electron chi connectivity index (χ2n) is 8.06. The van der Waals surface area contributed by atoms with Gasteiger partial charge in [-0.1, -0.05) is 44.2 Å². The third kappa shape index (κ3) is 6.62. The SMILES string of the molecule is CN1CCC[C@@H](CN(CCc2ccccc2)CC(C)(C)CO)C1. The third-order valence-corrected chi connectivity index (χ3v) is 4.88. The molecule has 1 N–H and O–H groups in total. The first-order chi connectivity index (χ1) is 11.0. The van der Waals surface area contributed by atoms with Crippen LogP contribution in [-0.2, 0) is 6.42 Å². The Morgan fingerprint density at radius 2 is 2.00 bits per heavy atom. The molecule has 1 atom stereocenters. The monoisotopic (exact) mass is 318 g/mol. The molecule has 1 aliphatic heterocycles. The van der Waals surface area contributed by atoms with Gasteiger partial charge in [-0.15, -0.1) is 0 Å². The van der Waals surface area contributed by atoms with Crippen LogP contribution in [0.1, 0.15) is 32.3 Å². The molecule has 0 radical (unpaired) electrons. The molecule has 1 heterocycles. The zero-order chi connectivity index (χ0) is 16.7. The molecular weight excluding hydrogens is 284 g/mol. The van der Waals surface area contributed by atoms with Gasteiger partial charge in [-0.3, -0.25) is 0 Å². The van der Waals surface area contributed by atoms with Crippen LogP contribution in [0.5, 0.6) is 0 Å². The number of piperidine rings is 1. The molecule has 0 spiro atoms. The van der Waals surface area contributed by atoms with Crippen molar-refractivity contribution in [3.63, 3.8) is 0 Å². The maximum atomic E-state index is 9.64.